The first-order chi connectivity index (χ1) is 59.6. The van der Waals surface area contributed by atoms with Crippen LogP contribution >= 0.6 is 0 Å². The van der Waals surface area contributed by atoms with Gasteiger partial charge in [-0.1, -0.05) is 548 Å². The normalized spacial score (nSPS) is 12.1. The smallest absolute Gasteiger partial charge is 0.0202 e. The van der Waals surface area contributed by atoms with Crippen molar-refractivity contribution in [3.63, 3.8) is 0 Å². The molecule has 1 saturated carbocycles. The maximum Gasteiger partial charge on any atom is 0.0202 e. The summed E-state index contributed by atoms with van der Waals surface area (Å²) in [6.45, 7) is 43.3. The lowest BCUT2D eigenvalue weighted by molar-refractivity contribution is 0.346. The zero-order chi connectivity index (χ0) is 88.9. The van der Waals surface area contributed by atoms with Crippen LogP contribution in [0.4, 0.5) is 0 Å². The third-order valence-corrected chi connectivity index (χ3v) is 24.2. The highest BCUT2D eigenvalue weighted by atomic mass is 14.4. The van der Waals surface area contributed by atoms with Gasteiger partial charge in [-0.3, -0.25) is 0 Å². The lowest BCUT2D eigenvalue weighted by Gasteiger charge is -2.38. The first-order valence-electron chi connectivity index (χ1n) is 44.8. The number of rotatable bonds is 17. The number of benzene rings is 15. The van der Waals surface area contributed by atoms with Crippen LogP contribution in [0.25, 0.3) is 11.1 Å². The summed E-state index contributed by atoms with van der Waals surface area (Å²) < 4.78 is 0. The van der Waals surface area contributed by atoms with Crippen LogP contribution in [0.15, 0.2) is 438 Å². The predicted octanol–water partition coefficient (Wildman–Crippen LogP) is 33.6. The van der Waals surface area contributed by atoms with Crippen molar-refractivity contribution >= 4 is 0 Å². The summed E-state index contributed by atoms with van der Waals surface area (Å²) in [7, 11) is 0. The molecule has 0 saturated heterocycles. The zero-order valence-electron chi connectivity index (χ0n) is 77.5. The van der Waals surface area contributed by atoms with E-state index in [0.29, 0.717) is 5.41 Å². The van der Waals surface area contributed by atoms with E-state index in [2.05, 4.69) is 518 Å². The van der Waals surface area contributed by atoms with Crippen LogP contribution in [0.3, 0.4) is 0 Å². The van der Waals surface area contributed by atoms with Gasteiger partial charge in [0, 0.05) is 27.1 Å². The molecule has 0 heterocycles. The Hall–Kier alpha value is -12.2. The molecule has 0 N–H and O–H groups in total. The molecule has 0 nitrogen and oxygen atoms in total. The summed E-state index contributed by atoms with van der Waals surface area (Å²) in [5.41, 5.74) is 30.5. The molecule has 634 valence electrons. The quantitative estimate of drug-likeness (QED) is 0.0797. The Morgan fingerprint density at radius 2 is 0.460 bits per heavy atom. The molecule has 0 bridgehead atoms. The molecule has 124 heavy (non-hydrogen) atoms. The van der Waals surface area contributed by atoms with Crippen LogP contribution in [-0.4, -0.2) is 0 Å². The van der Waals surface area contributed by atoms with Gasteiger partial charge in [0.2, 0.25) is 0 Å². The molecular weight excluding hydrogens is 1490 g/mol. The van der Waals surface area contributed by atoms with E-state index in [1.165, 1.54) is 155 Å². The molecule has 16 rings (SSSR count). The molecule has 1 fully saturated rings. The van der Waals surface area contributed by atoms with Gasteiger partial charge in [0.05, 0.1) is 0 Å². The summed E-state index contributed by atoms with van der Waals surface area (Å²) in [5.74, 6) is 0. The second-order valence-corrected chi connectivity index (χ2v) is 36.5. The lowest BCUT2D eigenvalue weighted by Crippen LogP contribution is -2.30. The van der Waals surface area contributed by atoms with Crippen molar-refractivity contribution in [2.24, 2.45) is 0 Å². The minimum Gasteiger partial charge on any atom is -0.103 e. The number of allylic oxidation sites excluding steroid dienone is 2. The monoisotopic (exact) mass is 1630 g/mol. The van der Waals surface area contributed by atoms with Crippen LogP contribution in [0, 0.1) is 34.6 Å². The van der Waals surface area contributed by atoms with Crippen molar-refractivity contribution in [2.75, 3.05) is 0 Å². The highest BCUT2D eigenvalue weighted by molar-refractivity contribution is 5.67. The van der Waals surface area contributed by atoms with Crippen LogP contribution in [0.5, 0.6) is 0 Å². The average molecular weight is 1630 g/mol. The van der Waals surface area contributed by atoms with E-state index in [9.17, 15) is 0 Å². The summed E-state index contributed by atoms with van der Waals surface area (Å²) >= 11 is 0. The van der Waals surface area contributed by atoms with Crippen LogP contribution in [0.2, 0.25) is 0 Å². The molecular formula is C124H138. The van der Waals surface area contributed by atoms with Gasteiger partial charge in [-0.15, -0.1) is 13.2 Å². The van der Waals surface area contributed by atoms with Gasteiger partial charge in [-0.2, -0.15) is 0 Å². The van der Waals surface area contributed by atoms with Gasteiger partial charge < -0.3 is 0 Å². The Morgan fingerprint density at radius 1 is 0.226 bits per heavy atom. The van der Waals surface area contributed by atoms with Crippen molar-refractivity contribution < 1.29 is 0 Å². The molecule has 0 amide bonds. The molecule has 1 aliphatic carbocycles. The maximum absolute atomic E-state index is 3.83. The summed E-state index contributed by atoms with van der Waals surface area (Å²) in [6, 6.07) is 147. The largest absolute Gasteiger partial charge is 0.103 e. The van der Waals surface area contributed by atoms with Crippen molar-refractivity contribution in [2.45, 2.75) is 195 Å². The minimum absolute atomic E-state index is 0.00560. The molecule has 0 spiro atoms. The number of hydrogen-bond donors (Lipinski definition) is 0. The van der Waals surface area contributed by atoms with E-state index in [0.717, 1.165) is 19.3 Å². The summed E-state index contributed by atoms with van der Waals surface area (Å²) in [6.07, 6.45) is 13.5. The average Bonchev–Trinajstić information content (AvgIpc) is 0.778. The standard InChI is InChI=1S/C24H26.C21H24.C18H20.C16H18.C15H16.C13H12.C10H14.C7H8/c1-23(2,19-11-7-5-8-12-19)21-15-17-22(18-16-21)24(3,4)20-13-9-6-10-14-20;1-5-9-17-11-7-13-19(15-17)21(3,4)20-14-8-12-18(16-20)10-6-2;1-4-10-16(11-5-1)18(14-8-3-9-15-18)17-12-6-2-7-13-17;1-11-5-12(2)8-15(7-11)16-9-13(3)6-14(4)10-16;1-15(2,13-9-5-3-6-10-13)14-11-7-4-8-12-14;1-3-7-12(8-4-1)11-13-9-5-2-6-10-13;1-10(2,3)9-7-5-4-6-8-9;1-7-5-3-2-4-6-7/h5-18H,1-4H3;5-8,11-16H,1-2,9-10H2,3-4H3;1-2,4-7,10-13H,3,8-9,14-15H2;5-10H,1-4H3;3-12H,1-2H3;1-10H,11H2;4-8H,1-3H3;2-6H,1H3. The Kier molecular flexibility index (Phi) is 36.6. The van der Waals surface area contributed by atoms with E-state index >= 15 is 0 Å². The van der Waals surface area contributed by atoms with E-state index < -0.39 is 0 Å². The molecule has 0 aromatic heterocycles. The Morgan fingerprint density at radius 3 is 0.718 bits per heavy atom. The van der Waals surface area contributed by atoms with E-state index in [1.54, 1.807) is 0 Å². The van der Waals surface area contributed by atoms with Crippen molar-refractivity contribution in [3.05, 3.63) is 549 Å². The number of hydrogen-bond acceptors (Lipinski definition) is 0. The molecule has 0 unspecified atom stereocenters. The van der Waals surface area contributed by atoms with Gasteiger partial charge in [0.25, 0.3) is 0 Å². The van der Waals surface area contributed by atoms with Gasteiger partial charge in [-0.05, 0) is 167 Å². The molecule has 0 heteroatoms. The van der Waals surface area contributed by atoms with Crippen LogP contribution in [0.1, 0.15) is 220 Å². The molecule has 15 aromatic carbocycles. The first kappa shape index (κ1) is 95.6. The second-order valence-electron chi connectivity index (χ2n) is 36.5. The van der Waals surface area contributed by atoms with Crippen LogP contribution in [-0.2, 0) is 51.8 Å². The topological polar surface area (TPSA) is 0 Å². The molecule has 15 aromatic rings. The lowest BCUT2D eigenvalue weighted by atomic mass is 9.65. The Balaban J connectivity index is 0.000000164. The molecule has 0 aliphatic heterocycles. The minimum atomic E-state index is -0.00560. The van der Waals surface area contributed by atoms with Gasteiger partial charge in [0.15, 0.2) is 0 Å². The third kappa shape index (κ3) is 29.0. The van der Waals surface area contributed by atoms with E-state index in [4.69, 9.17) is 0 Å². The summed E-state index contributed by atoms with van der Waals surface area (Å²) in [4.78, 5) is 0. The van der Waals surface area contributed by atoms with Crippen LogP contribution < -0.4 is 0 Å². The third-order valence-electron chi connectivity index (χ3n) is 24.2. The SMILES string of the molecule is C=CCc1cccc(C(C)(C)c2cccc(CC=C)c2)c1.CC(C)(C)c1ccccc1.CC(C)(c1ccccc1)c1ccc(C(C)(C)c2ccccc2)cc1.CC(C)(c1ccccc1)c1ccccc1.Cc1cc(C)cc(-c2cc(C)cc(C)c2)c1.Cc1ccccc1.c1ccc(C2(c3ccccc3)CCCCC2)cc1.c1ccc(Cc2ccccc2)cc1. The van der Waals surface area contributed by atoms with Gasteiger partial charge in [-0.25, -0.2) is 0 Å². The zero-order valence-corrected chi connectivity index (χ0v) is 77.5. The van der Waals surface area contributed by atoms with Crippen molar-refractivity contribution in [3.8, 4) is 11.1 Å². The van der Waals surface area contributed by atoms with E-state index in [1.807, 2.05) is 30.4 Å². The second kappa shape index (κ2) is 47.4. The number of aryl methyl sites for hydroxylation is 5. The highest BCUT2D eigenvalue weighted by Crippen LogP contribution is 2.45. The molecule has 0 radical (unpaired) electrons. The van der Waals surface area contributed by atoms with Gasteiger partial charge >= 0.3 is 0 Å². The summed E-state index contributed by atoms with van der Waals surface area (Å²) in [5, 5.41) is 0. The fourth-order valence-electron chi connectivity index (χ4n) is 16.5. The van der Waals surface area contributed by atoms with Gasteiger partial charge in [0.1, 0.15) is 0 Å². The maximum atomic E-state index is 3.83. The van der Waals surface area contributed by atoms with Crippen molar-refractivity contribution in [1.29, 1.82) is 0 Å². The highest BCUT2D eigenvalue weighted by Gasteiger charge is 2.35. The van der Waals surface area contributed by atoms with Crippen molar-refractivity contribution in [1.82, 2.24) is 0 Å². The fourth-order valence-corrected chi connectivity index (χ4v) is 16.5. The Labute approximate surface area is 749 Å². The molecule has 0 atom stereocenters. The fraction of sp³-hybridized carbons (Fsp3) is 0.242. The first-order valence-corrected chi connectivity index (χ1v) is 44.8. The molecule has 1 aliphatic rings. The van der Waals surface area contributed by atoms with E-state index in [-0.39, 0.29) is 27.1 Å². The predicted molar refractivity (Wildman–Crippen MR) is 541 cm³/mol. The Bertz CT molecular complexity index is 5200.